The second-order valence-corrected chi connectivity index (χ2v) is 7.68. The highest BCUT2D eigenvalue weighted by atomic mass is 16.1. The number of rotatable bonds is 4. The van der Waals surface area contributed by atoms with Gasteiger partial charge in [0, 0.05) is 24.0 Å². The van der Waals surface area contributed by atoms with Crippen LogP contribution in [0.15, 0.2) is 39.9 Å². The van der Waals surface area contributed by atoms with Gasteiger partial charge in [-0.15, -0.1) is 0 Å². The first-order valence-electron chi connectivity index (χ1n) is 9.41. The van der Waals surface area contributed by atoms with Crippen molar-refractivity contribution < 1.29 is 0 Å². The van der Waals surface area contributed by atoms with Crippen LogP contribution < -0.4 is 11.1 Å². The van der Waals surface area contributed by atoms with Gasteiger partial charge < -0.3 is 9.97 Å². The monoisotopic (exact) mass is 377 g/mol. The van der Waals surface area contributed by atoms with Gasteiger partial charge in [0.05, 0.1) is 5.69 Å². The minimum absolute atomic E-state index is 0.129. The zero-order valence-electron chi connectivity index (χ0n) is 16.5. The summed E-state index contributed by atoms with van der Waals surface area (Å²) >= 11 is 0. The molecule has 0 spiro atoms. The van der Waals surface area contributed by atoms with E-state index in [1.807, 2.05) is 32.0 Å². The van der Waals surface area contributed by atoms with E-state index in [0.29, 0.717) is 16.9 Å². The van der Waals surface area contributed by atoms with Gasteiger partial charge in [-0.2, -0.15) is 5.10 Å². The second-order valence-electron chi connectivity index (χ2n) is 7.68. The Morgan fingerprint density at radius 1 is 1.11 bits per heavy atom. The molecule has 3 aromatic heterocycles. The number of hydrogen-bond acceptors (Lipinski definition) is 4. The molecule has 3 heterocycles. The fourth-order valence-electron chi connectivity index (χ4n) is 3.63. The molecule has 7 heteroatoms. The van der Waals surface area contributed by atoms with Crippen LogP contribution in [-0.2, 0) is 18.9 Å². The van der Waals surface area contributed by atoms with E-state index in [4.69, 9.17) is 4.98 Å². The topological polar surface area (TPSA) is 96.4 Å². The van der Waals surface area contributed by atoms with Gasteiger partial charge in [-0.05, 0) is 49.4 Å². The van der Waals surface area contributed by atoms with Crippen molar-refractivity contribution in [3.8, 4) is 0 Å². The minimum Gasteiger partial charge on any atom is -0.322 e. The van der Waals surface area contributed by atoms with E-state index < -0.39 is 5.41 Å². The number of aromatic amines is 2. The summed E-state index contributed by atoms with van der Waals surface area (Å²) in [6.07, 6.45) is 1.71. The molecule has 0 radical (unpaired) electrons. The molecular weight excluding hydrogens is 354 g/mol. The van der Waals surface area contributed by atoms with Crippen LogP contribution >= 0.6 is 0 Å². The summed E-state index contributed by atoms with van der Waals surface area (Å²) in [7, 11) is 1.77. The largest absolute Gasteiger partial charge is 0.322 e. The lowest BCUT2D eigenvalue weighted by Crippen LogP contribution is -2.27. The first-order valence-corrected chi connectivity index (χ1v) is 9.41. The molecule has 7 nitrogen and oxygen atoms in total. The molecular formula is C21H23N5O2. The number of nitrogens with one attached hydrogen (secondary N) is 2. The molecule has 0 aliphatic carbocycles. The lowest BCUT2D eigenvalue weighted by molar-refractivity contribution is 0.591. The van der Waals surface area contributed by atoms with Crippen LogP contribution in [0.5, 0.6) is 0 Å². The van der Waals surface area contributed by atoms with E-state index in [1.54, 1.807) is 17.8 Å². The van der Waals surface area contributed by atoms with E-state index >= 15 is 0 Å². The van der Waals surface area contributed by atoms with Crippen LogP contribution in [0.25, 0.3) is 21.9 Å². The average Bonchev–Trinajstić information content (AvgIpc) is 2.97. The van der Waals surface area contributed by atoms with Crippen molar-refractivity contribution in [3.63, 3.8) is 0 Å². The van der Waals surface area contributed by atoms with Gasteiger partial charge in [0.15, 0.2) is 5.52 Å². The smallest absolute Gasteiger partial charge is 0.277 e. The van der Waals surface area contributed by atoms with E-state index in [1.165, 1.54) is 6.07 Å². The highest BCUT2D eigenvalue weighted by Gasteiger charge is 2.28. The summed E-state index contributed by atoms with van der Waals surface area (Å²) in [6, 6.07) is 9.17. The average molecular weight is 377 g/mol. The van der Waals surface area contributed by atoms with E-state index in [-0.39, 0.29) is 11.1 Å². The molecule has 0 amide bonds. The molecule has 1 aromatic carbocycles. The van der Waals surface area contributed by atoms with Crippen LogP contribution in [0.3, 0.4) is 0 Å². The standard InChI is InChI=1S/C21H23N5O2/c1-5-6-15-17-18(26(4)25-15)19(28)24-20(23-17)21(2,3)13-8-9-14-12(11-13)7-10-16(27)22-14/h7-11H,5-6H2,1-4H3,(H,22,27)(H,23,24,28). The summed E-state index contributed by atoms with van der Waals surface area (Å²) in [4.78, 5) is 34.9. The number of hydrogen-bond donors (Lipinski definition) is 2. The number of nitrogens with zero attached hydrogens (tertiary/aromatic N) is 3. The highest BCUT2D eigenvalue weighted by molar-refractivity contribution is 5.80. The summed E-state index contributed by atoms with van der Waals surface area (Å²) < 4.78 is 1.61. The SMILES string of the molecule is CCCc1nn(C)c2c(=O)[nH]c(C(C)(C)c3ccc4[nH]c(=O)ccc4c3)nc12. The molecule has 0 fully saturated rings. The molecule has 0 unspecified atom stereocenters. The molecule has 4 aromatic rings. The van der Waals surface area contributed by atoms with Crippen LogP contribution in [0.4, 0.5) is 0 Å². The summed E-state index contributed by atoms with van der Waals surface area (Å²) in [5.41, 5.74) is 2.94. The van der Waals surface area contributed by atoms with Crippen molar-refractivity contribution in [1.82, 2.24) is 24.7 Å². The molecule has 0 aliphatic rings. The third-order valence-corrected chi connectivity index (χ3v) is 5.29. The van der Waals surface area contributed by atoms with E-state index in [0.717, 1.165) is 35.0 Å². The van der Waals surface area contributed by atoms with Crippen molar-refractivity contribution >= 4 is 21.9 Å². The van der Waals surface area contributed by atoms with Crippen LogP contribution in [-0.4, -0.2) is 24.7 Å². The van der Waals surface area contributed by atoms with Crippen molar-refractivity contribution in [2.45, 2.75) is 39.0 Å². The van der Waals surface area contributed by atoms with Gasteiger partial charge in [-0.1, -0.05) is 19.4 Å². The lowest BCUT2D eigenvalue weighted by Gasteiger charge is -2.24. The zero-order valence-corrected chi connectivity index (χ0v) is 16.5. The molecule has 28 heavy (non-hydrogen) atoms. The number of H-pyrrole nitrogens is 2. The number of aryl methyl sites for hydroxylation is 2. The fourth-order valence-corrected chi connectivity index (χ4v) is 3.63. The van der Waals surface area contributed by atoms with Gasteiger partial charge in [0.1, 0.15) is 11.3 Å². The van der Waals surface area contributed by atoms with E-state index in [2.05, 4.69) is 22.0 Å². The molecule has 0 saturated carbocycles. The van der Waals surface area contributed by atoms with Crippen molar-refractivity contribution in [3.05, 3.63) is 68.1 Å². The van der Waals surface area contributed by atoms with Crippen LogP contribution in [0.1, 0.15) is 44.3 Å². The highest BCUT2D eigenvalue weighted by Crippen LogP contribution is 2.31. The maximum absolute atomic E-state index is 12.8. The van der Waals surface area contributed by atoms with Gasteiger partial charge >= 0.3 is 0 Å². The number of fused-ring (bicyclic) bond motifs is 2. The Morgan fingerprint density at radius 2 is 1.89 bits per heavy atom. The molecule has 4 rings (SSSR count). The second kappa shape index (κ2) is 6.44. The fraction of sp³-hybridized carbons (Fsp3) is 0.333. The predicted octanol–water partition coefficient (Wildman–Crippen LogP) is 2.78. The van der Waals surface area contributed by atoms with Crippen molar-refractivity contribution in [2.24, 2.45) is 7.05 Å². The molecule has 144 valence electrons. The normalized spacial score (nSPS) is 12.1. The Kier molecular flexibility index (Phi) is 4.18. The molecule has 0 saturated heterocycles. The molecule has 0 bridgehead atoms. The van der Waals surface area contributed by atoms with Gasteiger partial charge in [0.2, 0.25) is 5.56 Å². The van der Waals surface area contributed by atoms with Gasteiger partial charge in [-0.25, -0.2) is 4.98 Å². The predicted molar refractivity (Wildman–Crippen MR) is 110 cm³/mol. The van der Waals surface area contributed by atoms with Gasteiger partial charge in [-0.3, -0.25) is 14.3 Å². The van der Waals surface area contributed by atoms with Gasteiger partial charge in [0.25, 0.3) is 5.56 Å². The quantitative estimate of drug-likeness (QED) is 0.571. The Morgan fingerprint density at radius 3 is 2.64 bits per heavy atom. The minimum atomic E-state index is -0.531. The van der Waals surface area contributed by atoms with Crippen LogP contribution in [0.2, 0.25) is 0 Å². The maximum Gasteiger partial charge on any atom is 0.277 e. The van der Waals surface area contributed by atoms with E-state index in [9.17, 15) is 9.59 Å². The Hall–Kier alpha value is -3.22. The third-order valence-electron chi connectivity index (χ3n) is 5.29. The summed E-state index contributed by atoms with van der Waals surface area (Å²) in [5, 5.41) is 5.42. The number of aromatic nitrogens is 5. The van der Waals surface area contributed by atoms with Crippen LogP contribution in [0, 0.1) is 0 Å². The molecule has 2 N–H and O–H groups in total. The Bertz CT molecular complexity index is 1310. The van der Waals surface area contributed by atoms with Crippen molar-refractivity contribution in [2.75, 3.05) is 0 Å². The van der Waals surface area contributed by atoms with Crippen molar-refractivity contribution in [1.29, 1.82) is 0 Å². The third kappa shape index (κ3) is 2.83. The number of pyridine rings is 1. The summed E-state index contributed by atoms with van der Waals surface area (Å²) in [5.74, 6) is 0.596. The first kappa shape index (κ1) is 18.2. The zero-order chi connectivity index (χ0) is 20.1. The molecule has 0 aliphatic heterocycles. The summed E-state index contributed by atoms with van der Waals surface area (Å²) in [6.45, 7) is 6.14. The Labute approximate surface area is 161 Å². The maximum atomic E-state index is 12.8. The number of benzene rings is 1. The Balaban J connectivity index is 1.90. The molecule has 0 atom stereocenters. The first-order chi connectivity index (χ1) is 13.3. The lowest BCUT2D eigenvalue weighted by atomic mass is 9.83.